The molecule has 0 spiro atoms. The summed E-state index contributed by atoms with van der Waals surface area (Å²) < 4.78 is 0. The van der Waals surface area contributed by atoms with Gasteiger partial charge in [-0.15, -0.1) is 0 Å². The molecule has 6 heteroatoms. The van der Waals surface area contributed by atoms with Crippen LogP contribution in [0.4, 0.5) is 11.4 Å². The number of benzene rings is 2. The summed E-state index contributed by atoms with van der Waals surface area (Å²) in [6.45, 7) is 1.97. The van der Waals surface area contributed by atoms with Gasteiger partial charge in [0.1, 0.15) is 5.02 Å². The highest BCUT2D eigenvalue weighted by Crippen LogP contribution is 2.39. The van der Waals surface area contributed by atoms with Crippen LogP contribution in [0.15, 0.2) is 36.4 Å². The molecule has 1 N–H and O–H groups in total. The zero-order chi connectivity index (χ0) is 15.9. The number of rotatable bonds is 2. The molecule has 3 rings (SSSR count). The average Bonchev–Trinajstić information content (AvgIpc) is 2.75. The highest BCUT2D eigenvalue weighted by molar-refractivity contribution is 6.37. The fourth-order valence-electron chi connectivity index (χ4n) is 2.31. The van der Waals surface area contributed by atoms with E-state index in [4.69, 9.17) is 11.6 Å². The van der Waals surface area contributed by atoms with Gasteiger partial charge in [-0.05, 0) is 24.6 Å². The van der Waals surface area contributed by atoms with E-state index in [9.17, 15) is 14.9 Å². The molecule has 0 aliphatic carbocycles. The topological polar surface area (TPSA) is 72.2 Å². The minimum Gasteiger partial charge on any atom is -0.321 e. The molecule has 110 valence electrons. The van der Waals surface area contributed by atoms with Crippen molar-refractivity contribution in [3.63, 3.8) is 0 Å². The molecule has 1 heterocycles. The summed E-state index contributed by atoms with van der Waals surface area (Å²) in [4.78, 5) is 22.5. The SMILES string of the molecule is Cc1ccc(/C=C2/C(=O)Nc3cc(Cl)c([N+](=O)[O-])cc32)cc1. The summed E-state index contributed by atoms with van der Waals surface area (Å²) in [5, 5.41) is 13.7. The largest absolute Gasteiger partial charge is 0.321 e. The zero-order valence-corrected chi connectivity index (χ0v) is 12.3. The van der Waals surface area contributed by atoms with Gasteiger partial charge in [-0.3, -0.25) is 14.9 Å². The van der Waals surface area contributed by atoms with Crippen LogP contribution in [0.1, 0.15) is 16.7 Å². The Hall–Kier alpha value is -2.66. The van der Waals surface area contributed by atoms with Gasteiger partial charge in [-0.25, -0.2) is 0 Å². The lowest BCUT2D eigenvalue weighted by molar-refractivity contribution is -0.384. The Morgan fingerprint density at radius 2 is 1.91 bits per heavy atom. The maximum atomic E-state index is 12.1. The maximum absolute atomic E-state index is 12.1. The van der Waals surface area contributed by atoms with Crippen molar-refractivity contribution in [1.29, 1.82) is 0 Å². The Bertz CT molecular complexity index is 826. The molecule has 2 aromatic carbocycles. The van der Waals surface area contributed by atoms with Crippen molar-refractivity contribution in [3.8, 4) is 0 Å². The van der Waals surface area contributed by atoms with Crippen molar-refractivity contribution in [3.05, 3.63) is 68.2 Å². The summed E-state index contributed by atoms with van der Waals surface area (Å²) in [7, 11) is 0. The van der Waals surface area contributed by atoms with E-state index >= 15 is 0 Å². The minimum absolute atomic E-state index is 0.000589. The second-order valence-corrected chi connectivity index (χ2v) is 5.44. The Morgan fingerprint density at radius 1 is 1.23 bits per heavy atom. The number of halogens is 1. The van der Waals surface area contributed by atoms with Gasteiger partial charge < -0.3 is 5.32 Å². The molecule has 0 bridgehead atoms. The molecule has 0 saturated heterocycles. The first-order valence-corrected chi connectivity index (χ1v) is 6.91. The van der Waals surface area contributed by atoms with E-state index in [2.05, 4.69) is 5.32 Å². The Labute approximate surface area is 131 Å². The van der Waals surface area contributed by atoms with Crippen molar-refractivity contribution in [2.24, 2.45) is 0 Å². The van der Waals surface area contributed by atoms with Crippen LogP contribution in [0.25, 0.3) is 11.6 Å². The van der Waals surface area contributed by atoms with Gasteiger partial charge in [0.25, 0.3) is 11.6 Å². The standard InChI is InChI=1S/C16H11ClN2O3/c1-9-2-4-10(5-3-9)6-12-11-7-15(19(21)22)13(17)8-14(11)18-16(12)20/h2-8H,1H3,(H,18,20)/b12-6+. The normalized spacial score (nSPS) is 14.8. The third kappa shape index (κ3) is 2.46. The first-order valence-electron chi connectivity index (χ1n) is 6.54. The Balaban J connectivity index is 2.12. The smallest absolute Gasteiger partial charge is 0.288 e. The summed E-state index contributed by atoms with van der Waals surface area (Å²) >= 11 is 5.86. The number of amides is 1. The van der Waals surface area contributed by atoms with Crippen molar-refractivity contribution in [1.82, 2.24) is 0 Å². The maximum Gasteiger partial charge on any atom is 0.288 e. The van der Waals surface area contributed by atoms with Crippen LogP contribution in [0.2, 0.25) is 5.02 Å². The summed E-state index contributed by atoms with van der Waals surface area (Å²) in [6.07, 6.45) is 1.71. The number of hydrogen-bond donors (Lipinski definition) is 1. The highest BCUT2D eigenvalue weighted by Gasteiger charge is 2.28. The van der Waals surface area contributed by atoms with Gasteiger partial charge in [0.05, 0.1) is 10.6 Å². The van der Waals surface area contributed by atoms with Crippen LogP contribution < -0.4 is 5.32 Å². The summed E-state index contributed by atoms with van der Waals surface area (Å²) in [5.74, 6) is -0.299. The van der Waals surface area contributed by atoms with Gasteiger partial charge >= 0.3 is 0 Å². The number of carbonyl (C=O) groups is 1. The third-order valence-corrected chi connectivity index (χ3v) is 3.76. The molecule has 0 saturated carbocycles. The molecule has 1 aliphatic rings. The van der Waals surface area contributed by atoms with Crippen molar-refractivity contribution < 1.29 is 9.72 Å². The first-order chi connectivity index (χ1) is 10.5. The van der Waals surface area contributed by atoms with E-state index in [1.54, 1.807) is 6.08 Å². The van der Waals surface area contributed by atoms with E-state index in [0.29, 0.717) is 16.8 Å². The molecular weight excluding hydrogens is 304 g/mol. The number of fused-ring (bicyclic) bond motifs is 1. The van der Waals surface area contributed by atoms with E-state index in [1.807, 2.05) is 31.2 Å². The number of carbonyl (C=O) groups excluding carboxylic acids is 1. The van der Waals surface area contributed by atoms with Gasteiger partial charge in [0.15, 0.2) is 0 Å². The predicted octanol–water partition coefficient (Wildman–Crippen LogP) is 4.05. The first kappa shape index (κ1) is 14.3. The molecule has 0 aromatic heterocycles. The Kier molecular flexibility index (Phi) is 3.42. The number of nitrogens with zero attached hydrogens (tertiary/aromatic N) is 1. The molecule has 0 unspecified atom stereocenters. The lowest BCUT2D eigenvalue weighted by Crippen LogP contribution is -2.03. The summed E-state index contributed by atoms with van der Waals surface area (Å²) in [5.41, 5.74) is 3.10. The molecular formula is C16H11ClN2O3. The molecule has 2 aromatic rings. The highest BCUT2D eigenvalue weighted by atomic mass is 35.5. The van der Waals surface area contributed by atoms with E-state index in [0.717, 1.165) is 11.1 Å². The van der Waals surface area contributed by atoms with Crippen LogP contribution >= 0.6 is 11.6 Å². The molecule has 5 nitrogen and oxygen atoms in total. The molecule has 0 fully saturated rings. The second kappa shape index (κ2) is 5.27. The van der Waals surface area contributed by atoms with Crippen molar-refractivity contribution in [2.45, 2.75) is 6.92 Å². The predicted molar refractivity (Wildman–Crippen MR) is 85.8 cm³/mol. The van der Waals surface area contributed by atoms with Crippen LogP contribution in [-0.4, -0.2) is 10.8 Å². The van der Waals surface area contributed by atoms with E-state index in [1.165, 1.54) is 12.1 Å². The number of nitrogens with one attached hydrogen (secondary N) is 1. The average molecular weight is 315 g/mol. The quantitative estimate of drug-likeness (QED) is 0.516. The summed E-state index contributed by atoms with van der Waals surface area (Å²) in [6, 6.07) is 10.4. The number of nitro groups is 1. The Morgan fingerprint density at radius 3 is 2.55 bits per heavy atom. The van der Waals surface area contributed by atoms with Crippen LogP contribution in [0, 0.1) is 17.0 Å². The van der Waals surface area contributed by atoms with Crippen LogP contribution in [0.5, 0.6) is 0 Å². The fourth-order valence-corrected chi connectivity index (χ4v) is 2.55. The number of nitro benzene ring substituents is 1. The molecule has 0 atom stereocenters. The zero-order valence-electron chi connectivity index (χ0n) is 11.6. The van der Waals surface area contributed by atoms with Crippen molar-refractivity contribution in [2.75, 3.05) is 5.32 Å². The number of anilines is 1. The third-order valence-electron chi connectivity index (χ3n) is 3.46. The number of aryl methyl sites for hydroxylation is 1. The lowest BCUT2D eigenvalue weighted by atomic mass is 10.0. The number of hydrogen-bond acceptors (Lipinski definition) is 3. The molecule has 1 amide bonds. The van der Waals surface area contributed by atoms with Gasteiger partial charge in [0, 0.05) is 17.2 Å². The van der Waals surface area contributed by atoms with Gasteiger partial charge in [0.2, 0.25) is 0 Å². The molecule has 22 heavy (non-hydrogen) atoms. The monoisotopic (exact) mass is 314 g/mol. The lowest BCUT2D eigenvalue weighted by Gasteiger charge is -2.01. The second-order valence-electron chi connectivity index (χ2n) is 5.03. The van der Waals surface area contributed by atoms with E-state index < -0.39 is 4.92 Å². The van der Waals surface area contributed by atoms with Gasteiger partial charge in [-0.1, -0.05) is 41.4 Å². The minimum atomic E-state index is -0.561. The van der Waals surface area contributed by atoms with E-state index in [-0.39, 0.29) is 16.6 Å². The van der Waals surface area contributed by atoms with Crippen LogP contribution in [-0.2, 0) is 4.79 Å². The molecule has 0 radical (unpaired) electrons. The van der Waals surface area contributed by atoms with Crippen molar-refractivity contribution >= 4 is 40.5 Å². The fraction of sp³-hybridized carbons (Fsp3) is 0.0625. The van der Waals surface area contributed by atoms with Gasteiger partial charge in [-0.2, -0.15) is 0 Å². The van der Waals surface area contributed by atoms with Crippen LogP contribution in [0.3, 0.4) is 0 Å². The molecule has 1 aliphatic heterocycles.